The van der Waals surface area contributed by atoms with E-state index in [9.17, 15) is 4.79 Å². The van der Waals surface area contributed by atoms with Gasteiger partial charge in [0, 0.05) is 22.2 Å². The molecule has 0 N–H and O–H groups in total. The van der Waals surface area contributed by atoms with E-state index >= 15 is 0 Å². The molecule has 0 bridgehead atoms. The molecule has 0 fully saturated rings. The minimum Gasteiger partial charge on any atom is -0.338 e. The fourth-order valence-electron chi connectivity index (χ4n) is 2.73. The van der Waals surface area contributed by atoms with Crippen LogP contribution in [-0.4, -0.2) is 19.7 Å². The van der Waals surface area contributed by atoms with Gasteiger partial charge in [-0.1, -0.05) is 46.2 Å². The maximum Gasteiger partial charge on any atom is 0.262 e. The number of nitrogens with zero attached hydrogens (tertiary/aromatic N) is 4. The Labute approximate surface area is 180 Å². The Bertz CT molecular complexity index is 1250. The molecule has 0 aliphatic rings. The first-order valence-corrected chi connectivity index (χ1v) is 10.3. The lowest BCUT2D eigenvalue weighted by atomic mass is 10.2. The third kappa shape index (κ3) is 4.22. The van der Waals surface area contributed by atoms with Gasteiger partial charge in [-0.3, -0.25) is 9.36 Å². The summed E-state index contributed by atoms with van der Waals surface area (Å²) in [6.45, 7) is 4.07. The van der Waals surface area contributed by atoms with Crippen LogP contribution < -0.4 is 5.56 Å². The molecule has 2 aromatic carbocycles. The van der Waals surface area contributed by atoms with Crippen molar-refractivity contribution in [2.24, 2.45) is 0 Å². The van der Waals surface area contributed by atoms with Crippen molar-refractivity contribution in [2.45, 2.75) is 17.5 Å². The zero-order valence-corrected chi connectivity index (χ0v) is 17.3. The Morgan fingerprint density at radius 1 is 1.10 bits per heavy atom. The Kier molecular flexibility index (Phi) is 5.71. The molecule has 0 saturated heterocycles. The summed E-state index contributed by atoms with van der Waals surface area (Å²) in [7, 11) is 0. The van der Waals surface area contributed by atoms with Gasteiger partial charge in [0.2, 0.25) is 11.7 Å². The molecule has 29 heavy (non-hydrogen) atoms. The Morgan fingerprint density at radius 2 is 1.86 bits per heavy atom. The fourth-order valence-corrected chi connectivity index (χ4v) is 3.87. The molecule has 9 heteroatoms. The number of allylic oxidation sites excluding steroid dienone is 1. The molecule has 2 heterocycles. The van der Waals surface area contributed by atoms with Crippen molar-refractivity contribution in [2.75, 3.05) is 0 Å². The van der Waals surface area contributed by atoms with Crippen molar-refractivity contribution in [1.29, 1.82) is 0 Å². The Morgan fingerprint density at radius 3 is 2.62 bits per heavy atom. The lowest BCUT2D eigenvalue weighted by Crippen LogP contribution is -2.22. The number of aromatic nitrogens is 4. The van der Waals surface area contributed by atoms with Crippen molar-refractivity contribution in [3.05, 3.63) is 81.4 Å². The van der Waals surface area contributed by atoms with E-state index in [0.29, 0.717) is 50.1 Å². The van der Waals surface area contributed by atoms with E-state index < -0.39 is 0 Å². The first kappa shape index (κ1) is 19.7. The SMILES string of the molecule is C=CCn1c(SCc2nc(-c3ccc(Cl)cc3)no2)nc2cc(Cl)ccc2c1=O. The third-order valence-electron chi connectivity index (χ3n) is 4.09. The van der Waals surface area contributed by atoms with E-state index in [-0.39, 0.29) is 5.56 Å². The second-order valence-corrected chi connectivity index (χ2v) is 7.88. The summed E-state index contributed by atoms with van der Waals surface area (Å²) in [5.74, 6) is 1.25. The number of benzene rings is 2. The Balaban J connectivity index is 1.62. The summed E-state index contributed by atoms with van der Waals surface area (Å²) in [4.78, 5) is 21.8. The fraction of sp³-hybridized carbons (Fsp3) is 0.100. The highest BCUT2D eigenvalue weighted by atomic mass is 35.5. The van der Waals surface area contributed by atoms with Crippen molar-refractivity contribution in [1.82, 2.24) is 19.7 Å². The van der Waals surface area contributed by atoms with Gasteiger partial charge in [0.05, 0.1) is 16.7 Å². The van der Waals surface area contributed by atoms with Crippen LogP contribution in [0, 0.1) is 0 Å². The summed E-state index contributed by atoms with van der Waals surface area (Å²) in [5, 5.41) is 6.18. The summed E-state index contributed by atoms with van der Waals surface area (Å²) < 4.78 is 6.90. The van der Waals surface area contributed by atoms with E-state index in [1.54, 1.807) is 41.0 Å². The first-order valence-electron chi connectivity index (χ1n) is 8.57. The van der Waals surface area contributed by atoms with Gasteiger partial charge in [-0.15, -0.1) is 6.58 Å². The van der Waals surface area contributed by atoms with Crippen LogP contribution in [0.25, 0.3) is 22.3 Å². The van der Waals surface area contributed by atoms with Gasteiger partial charge in [0.25, 0.3) is 5.56 Å². The van der Waals surface area contributed by atoms with Gasteiger partial charge in [-0.2, -0.15) is 4.98 Å². The molecule has 4 aromatic rings. The van der Waals surface area contributed by atoms with E-state index in [1.165, 1.54) is 11.8 Å². The van der Waals surface area contributed by atoms with Crippen LogP contribution in [0.1, 0.15) is 5.89 Å². The lowest BCUT2D eigenvalue weighted by Gasteiger charge is -2.10. The van der Waals surface area contributed by atoms with Gasteiger partial charge in [-0.05, 0) is 42.5 Å². The number of fused-ring (bicyclic) bond motifs is 1. The molecule has 0 unspecified atom stereocenters. The number of rotatable bonds is 6. The molecule has 0 atom stereocenters. The van der Waals surface area contributed by atoms with E-state index in [1.807, 2.05) is 12.1 Å². The standard InChI is InChI=1S/C20H14Cl2N4O2S/c1-2-9-26-19(27)15-8-7-14(22)10-16(15)23-20(26)29-11-17-24-18(25-28-17)12-3-5-13(21)6-4-12/h2-8,10H,1,9,11H2. The molecular weight excluding hydrogens is 431 g/mol. The highest BCUT2D eigenvalue weighted by Crippen LogP contribution is 2.25. The number of hydrogen-bond donors (Lipinski definition) is 0. The largest absolute Gasteiger partial charge is 0.338 e. The minimum absolute atomic E-state index is 0.151. The van der Waals surface area contributed by atoms with Crippen molar-refractivity contribution in [3.8, 4) is 11.4 Å². The van der Waals surface area contributed by atoms with Gasteiger partial charge in [0.1, 0.15) is 0 Å². The molecule has 0 radical (unpaired) electrons. The van der Waals surface area contributed by atoms with E-state index in [0.717, 1.165) is 5.56 Å². The minimum atomic E-state index is -0.151. The predicted octanol–water partition coefficient (Wildman–Crippen LogP) is 5.23. The number of thioether (sulfide) groups is 1. The van der Waals surface area contributed by atoms with Gasteiger partial charge < -0.3 is 4.52 Å². The zero-order valence-electron chi connectivity index (χ0n) is 15.0. The topological polar surface area (TPSA) is 73.8 Å². The monoisotopic (exact) mass is 444 g/mol. The summed E-state index contributed by atoms with van der Waals surface area (Å²) in [6.07, 6.45) is 1.65. The van der Waals surface area contributed by atoms with Crippen molar-refractivity contribution < 1.29 is 4.52 Å². The van der Waals surface area contributed by atoms with Crippen molar-refractivity contribution >= 4 is 45.9 Å². The molecular formula is C20H14Cl2N4O2S. The van der Waals surface area contributed by atoms with E-state index in [4.69, 9.17) is 27.7 Å². The van der Waals surface area contributed by atoms with Crippen LogP contribution in [0.5, 0.6) is 0 Å². The molecule has 146 valence electrons. The second-order valence-electron chi connectivity index (χ2n) is 6.07. The smallest absolute Gasteiger partial charge is 0.262 e. The summed E-state index contributed by atoms with van der Waals surface area (Å²) in [6, 6.07) is 12.2. The molecule has 0 amide bonds. The van der Waals surface area contributed by atoms with Crippen LogP contribution in [0.2, 0.25) is 10.0 Å². The Hall–Kier alpha value is -2.61. The van der Waals surface area contributed by atoms with Gasteiger partial charge in [0.15, 0.2) is 5.16 Å². The van der Waals surface area contributed by atoms with Gasteiger partial charge >= 0.3 is 0 Å². The molecule has 0 aliphatic carbocycles. The highest BCUT2D eigenvalue weighted by molar-refractivity contribution is 7.98. The summed E-state index contributed by atoms with van der Waals surface area (Å²) >= 11 is 13.3. The van der Waals surface area contributed by atoms with Gasteiger partial charge in [-0.25, -0.2) is 4.98 Å². The molecule has 0 saturated carbocycles. The maximum atomic E-state index is 12.8. The maximum absolute atomic E-state index is 12.8. The van der Waals surface area contributed by atoms with E-state index in [2.05, 4.69) is 21.7 Å². The molecule has 0 aliphatic heterocycles. The second kappa shape index (κ2) is 8.41. The lowest BCUT2D eigenvalue weighted by molar-refractivity contribution is 0.391. The third-order valence-corrected chi connectivity index (χ3v) is 5.54. The molecule has 0 spiro atoms. The van der Waals surface area contributed by atoms with Crippen LogP contribution in [0.15, 0.2) is 69.6 Å². The van der Waals surface area contributed by atoms with Crippen LogP contribution in [0.3, 0.4) is 0 Å². The van der Waals surface area contributed by atoms with Crippen LogP contribution >= 0.6 is 35.0 Å². The highest BCUT2D eigenvalue weighted by Gasteiger charge is 2.14. The number of hydrogen-bond acceptors (Lipinski definition) is 6. The average Bonchev–Trinajstić information content (AvgIpc) is 3.18. The summed E-state index contributed by atoms with van der Waals surface area (Å²) in [5.41, 5.74) is 1.19. The first-order chi connectivity index (χ1) is 14.0. The molecule has 4 rings (SSSR count). The number of halogens is 2. The predicted molar refractivity (Wildman–Crippen MR) is 116 cm³/mol. The van der Waals surface area contributed by atoms with Crippen LogP contribution in [0.4, 0.5) is 0 Å². The zero-order chi connectivity index (χ0) is 20.4. The molecule has 6 nitrogen and oxygen atoms in total. The normalized spacial score (nSPS) is 11.1. The van der Waals surface area contributed by atoms with Crippen molar-refractivity contribution in [3.63, 3.8) is 0 Å². The van der Waals surface area contributed by atoms with Crippen LogP contribution in [-0.2, 0) is 12.3 Å². The average molecular weight is 445 g/mol. The molecule has 2 aromatic heterocycles. The quantitative estimate of drug-likeness (QED) is 0.230.